The summed E-state index contributed by atoms with van der Waals surface area (Å²) < 4.78 is 28.7. The largest absolute Gasteiger partial charge is 0.324 e. The number of rotatable bonds is 3. The van der Waals surface area contributed by atoms with E-state index in [-0.39, 0.29) is 12.5 Å². The molecule has 0 fully saturated rings. The number of benzene rings is 2. The summed E-state index contributed by atoms with van der Waals surface area (Å²) in [5, 5.41) is 0. The maximum atomic E-state index is 13.6. The van der Waals surface area contributed by atoms with Crippen molar-refractivity contribution in [1.29, 1.82) is 0 Å². The highest BCUT2D eigenvalue weighted by molar-refractivity contribution is 14.1. The molecule has 5 heteroatoms. The topological polar surface area (TPSA) is 26.0 Å². The van der Waals surface area contributed by atoms with Crippen molar-refractivity contribution in [3.8, 4) is 0 Å². The van der Waals surface area contributed by atoms with Crippen molar-refractivity contribution in [3.05, 3.63) is 67.2 Å². The van der Waals surface area contributed by atoms with Gasteiger partial charge < -0.3 is 5.73 Å². The van der Waals surface area contributed by atoms with Crippen molar-refractivity contribution >= 4 is 38.5 Å². The van der Waals surface area contributed by atoms with Gasteiger partial charge in [-0.05, 0) is 64.4 Å². The van der Waals surface area contributed by atoms with Crippen molar-refractivity contribution in [2.24, 2.45) is 5.73 Å². The van der Waals surface area contributed by atoms with Gasteiger partial charge in [-0.25, -0.2) is 8.78 Å². The highest BCUT2D eigenvalue weighted by Gasteiger charge is 2.15. The Morgan fingerprint density at radius 3 is 2.68 bits per heavy atom. The molecule has 0 aliphatic rings. The zero-order valence-corrected chi connectivity index (χ0v) is 13.6. The summed E-state index contributed by atoms with van der Waals surface area (Å²) in [6.45, 7) is 0. The maximum absolute atomic E-state index is 13.6. The maximum Gasteiger partial charge on any atom is 0.162 e. The monoisotopic (exact) mass is 437 g/mol. The molecule has 19 heavy (non-hydrogen) atoms. The lowest BCUT2D eigenvalue weighted by molar-refractivity contribution is 0.494. The summed E-state index contributed by atoms with van der Waals surface area (Å²) in [6, 6.07) is 9.55. The molecule has 1 atom stereocenters. The highest BCUT2D eigenvalue weighted by Crippen LogP contribution is 2.27. The molecule has 1 nitrogen and oxygen atoms in total. The van der Waals surface area contributed by atoms with Crippen molar-refractivity contribution in [2.75, 3.05) is 0 Å². The molecule has 0 aliphatic carbocycles. The van der Waals surface area contributed by atoms with E-state index in [0.29, 0.717) is 5.56 Å². The van der Waals surface area contributed by atoms with Crippen LogP contribution in [-0.4, -0.2) is 0 Å². The Hall–Kier alpha value is -0.530. The van der Waals surface area contributed by atoms with Gasteiger partial charge in [0.25, 0.3) is 0 Å². The lowest BCUT2D eigenvalue weighted by Crippen LogP contribution is -2.15. The SMILES string of the molecule is NC(Cc1cccc(F)c1F)c1cc(I)ccc1Br. The fraction of sp³-hybridized carbons (Fsp3) is 0.143. The molecule has 100 valence electrons. The third-order valence-corrected chi connectivity index (χ3v) is 4.22. The molecule has 2 N–H and O–H groups in total. The van der Waals surface area contributed by atoms with E-state index in [0.717, 1.165) is 19.7 Å². The predicted molar refractivity (Wildman–Crippen MR) is 83.8 cm³/mol. The van der Waals surface area contributed by atoms with E-state index in [1.165, 1.54) is 6.07 Å². The third kappa shape index (κ3) is 3.52. The van der Waals surface area contributed by atoms with E-state index >= 15 is 0 Å². The van der Waals surface area contributed by atoms with E-state index in [4.69, 9.17) is 5.73 Å². The van der Waals surface area contributed by atoms with Gasteiger partial charge >= 0.3 is 0 Å². The summed E-state index contributed by atoms with van der Waals surface area (Å²) in [5.41, 5.74) is 7.27. The van der Waals surface area contributed by atoms with Crippen LogP contribution in [0.25, 0.3) is 0 Å². The quantitative estimate of drug-likeness (QED) is 0.699. The molecule has 0 aliphatic heterocycles. The second kappa shape index (κ2) is 6.28. The van der Waals surface area contributed by atoms with E-state index in [1.807, 2.05) is 18.2 Å². The molecule has 0 amide bonds. The van der Waals surface area contributed by atoms with Gasteiger partial charge in [0.05, 0.1) is 0 Å². The molecule has 1 unspecified atom stereocenters. The Morgan fingerprint density at radius 2 is 1.95 bits per heavy atom. The minimum Gasteiger partial charge on any atom is -0.324 e. The Labute approximate surface area is 132 Å². The zero-order valence-electron chi connectivity index (χ0n) is 9.84. The first-order valence-corrected chi connectivity index (χ1v) is 7.49. The summed E-state index contributed by atoms with van der Waals surface area (Å²) in [7, 11) is 0. The average Bonchev–Trinajstić information content (AvgIpc) is 2.38. The molecule has 2 aromatic carbocycles. The van der Waals surface area contributed by atoms with Gasteiger partial charge in [-0.3, -0.25) is 0 Å². The molecule has 0 spiro atoms. The first-order valence-electron chi connectivity index (χ1n) is 5.62. The van der Waals surface area contributed by atoms with Crippen LogP contribution in [0.2, 0.25) is 0 Å². The van der Waals surface area contributed by atoms with Crippen molar-refractivity contribution in [2.45, 2.75) is 12.5 Å². The summed E-state index contributed by atoms with van der Waals surface area (Å²) in [5.74, 6) is -1.66. The van der Waals surface area contributed by atoms with Gasteiger partial charge in [-0.1, -0.05) is 28.1 Å². The Bertz CT molecular complexity index is 604. The third-order valence-electron chi connectivity index (χ3n) is 2.83. The van der Waals surface area contributed by atoms with Crippen molar-refractivity contribution in [1.82, 2.24) is 0 Å². The smallest absolute Gasteiger partial charge is 0.162 e. The first-order chi connectivity index (χ1) is 8.99. The van der Waals surface area contributed by atoms with Crippen LogP contribution in [0.4, 0.5) is 8.78 Å². The minimum absolute atomic E-state index is 0.252. The molecule has 2 rings (SSSR count). The van der Waals surface area contributed by atoms with Crippen LogP contribution in [0.3, 0.4) is 0 Å². The summed E-state index contributed by atoms with van der Waals surface area (Å²) in [6.07, 6.45) is 0.252. The molecule has 0 radical (unpaired) electrons. The standard InChI is InChI=1S/C14H11BrF2IN/c15-11-5-4-9(18)7-10(11)13(19)6-8-2-1-3-12(16)14(8)17/h1-5,7,13H,6,19H2. The second-order valence-electron chi connectivity index (χ2n) is 4.19. The lowest BCUT2D eigenvalue weighted by Gasteiger charge is -2.15. The molecule has 0 aromatic heterocycles. The van der Waals surface area contributed by atoms with E-state index in [1.54, 1.807) is 6.07 Å². The number of nitrogens with two attached hydrogens (primary N) is 1. The van der Waals surface area contributed by atoms with Gasteiger partial charge in [0, 0.05) is 14.1 Å². The molecular formula is C14H11BrF2IN. The average molecular weight is 438 g/mol. The summed E-state index contributed by atoms with van der Waals surface area (Å²) >= 11 is 5.61. The van der Waals surface area contributed by atoms with Gasteiger partial charge in [0.2, 0.25) is 0 Å². The zero-order chi connectivity index (χ0) is 14.0. The van der Waals surface area contributed by atoms with Crippen LogP contribution in [0.15, 0.2) is 40.9 Å². The lowest BCUT2D eigenvalue weighted by atomic mass is 9.99. The van der Waals surface area contributed by atoms with Crippen LogP contribution in [0.1, 0.15) is 17.2 Å². The van der Waals surface area contributed by atoms with E-state index < -0.39 is 11.6 Å². The van der Waals surface area contributed by atoms with Crippen LogP contribution in [0, 0.1) is 15.2 Å². The molecule has 0 bridgehead atoms. The van der Waals surface area contributed by atoms with Gasteiger partial charge in [-0.2, -0.15) is 0 Å². The molecule has 0 saturated heterocycles. The molecule has 0 heterocycles. The van der Waals surface area contributed by atoms with Crippen LogP contribution < -0.4 is 5.73 Å². The van der Waals surface area contributed by atoms with Crippen molar-refractivity contribution in [3.63, 3.8) is 0 Å². The Balaban J connectivity index is 2.28. The van der Waals surface area contributed by atoms with E-state index in [2.05, 4.69) is 38.5 Å². The molecular weight excluding hydrogens is 427 g/mol. The highest BCUT2D eigenvalue weighted by atomic mass is 127. The minimum atomic E-state index is -0.841. The van der Waals surface area contributed by atoms with Gasteiger partial charge in [-0.15, -0.1) is 0 Å². The summed E-state index contributed by atoms with van der Waals surface area (Å²) in [4.78, 5) is 0. The van der Waals surface area contributed by atoms with E-state index in [9.17, 15) is 8.78 Å². The second-order valence-corrected chi connectivity index (χ2v) is 6.29. The Morgan fingerprint density at radius 1 is 1.21 bits per heavy atom. The fourth-order valence-corrected chi connectivity index (χ4v) is 2.91. The number of hydrogen-bond acceptors (Lipinski definition) is 1. The molecule has 0 saturated carbocycles. The number of hydrogen-bond donors (Lipinski definition) is 1. The van der Waals surface area contributed by atoms with Gasteiger partial charge in [0.1, 0.15) is 0 Å². The fourth-order valence-electron chi connectivity index (χ4n) is 1.85. The molecule has 2 aromatic rings. The van der Waals surface area contributed by atoms with Gasteiger partial charge in [0.15, 0.2) is 11.6 Å². The van der Waals surface area contributed by atoms with Crippen LogP contribution >= 0.6 is 38.5 Å². The van der Waals surface area contributed by atoms with Crippen LogP contribution in [-0.2, 0) is 6.42 Å². The normalized spacial score (nSPS) is 12.5. The first kappa shape index (κ1) is 14.9. The van der Waals surface area contributed by atoms with Crippen molar-refractivity contribution < 1.29 is 8.78 Å². The van der Waals surface area contributed by atoms with Crippen LogP contribution in [0.5, 0.6) is 0 Å². The predicted octanol–water partition coefficient (Wildman–Crippen LogP) is 4.57. The Kier molecular flexibility index (Phi) is 4.92. The number of halogens is 4.